The summed E-state index contributed by atoms with van der Waals surface area (Å²) in [6.07, 6.45) is 2.28. The average molecular weight is 269 g/mol. The van der Waals surface area contributed by atoms with Gasteiger partial charge in [0.1, 0.15) is 5.01 Å². The Morgan fingerprint density at radius 1 is 1.56 bits per heavy atom. The molecule has 1 atom stereocenters. The molecule has 1 aliphatic heterocycles. The summed E-state index contributed by atoms with van der Waals surface area (Å²) in [5.74, 6) is 0. The van der Waals surface area contributed by atoms with Gasteiger partial charge >= 0.3 is 0 Å². The van der Waals surface area contributed by atoms with Gasteiger partial charge in [0.2, 0.25) is 0 Å². The highest BCUT2D eigenvalue weighted by Crippen LogP contribution is 2.28. The molecule has 1 unspecified atom stereocenters. The van der Waals surface area contributed by atoms with Crippen molar-refractivity contribution in [2.24, 2.45) is 11.1 Å². The van der Waals surface area contributed by atoms with E-state index in [0.29, 0.717) is 5.41 Å². The molecular formula is C13H23N3OS. The zero-order valence-corrected chi connectivity index (χ0v) is 12.1. The minimum atomic E-state index is 0.0387. The number of nitrogens with one attached hydrogen (secondary N) is 1. The molecule has 5 heteroatoms. The van der Waals surface area contributed by atoms with Gasteiger partial charge in [0, 0.05) is 31.7 Å². The van der Waals surface area contributed by atoms with E-state index in [0.717, 1.165) is 49.8 Å². The standard InChI is InChI=1S/C13H23N3OS/c1-10(14)12-16-11(8-18-12)7-15-9-13(2)3-5-17-6-4-13/h8,10,15H,3-7,9,14H2,1-2H3. The van der Waals surface area contributed by atoms with Crippen LogP contribution < -0.4 is 11.1 Å². The lowest BCUT2D eigenvalue weighted by Crippen LogP contribution is -2.36. The SMILES string of the molecule is CC(N)c1nc(CNCC2(C)CCOCC2)cs1. The van der Waals surface area contributed by atoms with E-state index >= 15 is 0 Å². The van der Waals surface area contributed by atoms with Crippen molar-refractivity contribution in [1.29, 1.82) is 0 Å². The van der Waals surface area contributed by atoms with Crippen LogP contribution >= 0.6 is 11.3 Å². The van der Waals surface area contributed by atoms with Crippen molar-refractivity contribution < 1.29 is 4.74 Å². The van der Waals surface area contributed by atoms with Crippen molar-refractivity contribution >= 4 is 11.3 Å². The summed E-state index contributed by atoms with van der Waals surface area (Å²) >= 11 is 1.65. The van der Waals surface area contributed by atoms with Gasteiger partial charge in [-0.15, -0.1) is 11.3 Å². The zero-order valence-electron chi connectivity index (χ0n) is 11.2. The minimum absolute atomic E-state index is 0.0387. The Balaban J connectivity index is 1.77. The molecular weight excluding hydrogens is 246 g/mol. The second kappa shape index (κ2) is 6.10. The number of nitrogens with two attached hydrogens (primary N) is 1. The van der Waals surface area contributed by atoms with Crippen LogP contribution in [0, 0.1) is 5.41 Å². The summed E-state index contributed by atoms with van der Waals surface area (Å²) in [6.45, 7) is 7.95. The highest BCUT2D eigenvalue weighted by molar-refractivity contribution is 7.09. The molecule has 0 aliphatic carbocycles. The average Bonchev–Trinajstić information content (AvgIpc) is 2.78. The minimum Gasteiger partial charge on any atom is -0.381 e. The number of rotatable bonds is 5. The Morgan fingerprint density at radius 2 is 2.28 bits per heavy atom. The Hall–Kier alpha value is -0.490. The number of ether oxygens (including phenoxy) is 1. The van der Waals surface area contributed by atoms with Crippen LogP contribution in [0.1, 0.15) is 43.4 Å². The predicted octanol–water partition coefficient (Wildman–Crippen LogP) is 2.07. The van der Waals surface area contributed by atoms with E-state index in [2.05, 4.69) is 22.6 Å². The molecule has 2 rings (SSSR count). The third-order valence-corrected chi connectivity index (χ3v) is 4.61. The largest absolute Gasteiger partial charge is 0.381 e. The summed E-state index contributed by atoms with van der Waals surface area (Å²) in [4.78, 5) is 4.52. The van der Waals surface area contributed by atoms with Gasteiger partial charge in [-0.3, -0.25) is 0 Å². The molecule has 0 aromatic carbocycles. The Morgan fingerprint density at radius 3 is 2.89 bits per heavy atom. The van der Waals surface area contributed by atoms with Gasteiger partial charge in [-0.05, 0) is 25.2 Å². The van der Waals surface area contributed by atoms with Crippen LogP contribution in [0.3, 0.4) is 0 Å². The number of hydrogen-bond acceptors (Lipinski definition) is 5. The van der Waals surface area contributed by atoms with Gasteiger partial charge in [0.05, 0.1) is 11.7 Å². The summed E-state index contributed by atoms with van der Waals surface area (Å²) in [5.41, 5.74) is 7.28. The summed E-state index contributed by atoms with van der Waals surface area (Å²) in [6, 6.07) is 0.0387. The molecule has 0 radical (unpaired) electrons. The molecule has 102 valence electrons. The summed E-state index contributed by atoms with van der Waals surface area (Å²) in [5, 5.41) is 6.62. The molecule has 2 heterocycles. The van der Waals surface area contributed by atoms with E-state index in [1.165, 1.54) is 0 Å². The fraction of sp³-hybridized carbons (Fsp3) is 0.769. The van der Waals surface area contributed by atoms with E-state index in [-0.39, 0.29) is 6.04 Å². The van der Waals surface area contributed by atoms with Crippen LogP contribution in [0.4, 0.5) is 0 Å². The van der Waals surface area contributed by atoms with Crippen molar-refractivity contribution in [2.45, 2.75) is 39.3 Å². The predicted molar refractivity (Wildman–Crippen MR) is 74.6 cm³/mol. The maximum atomic E-state index is 5.81. The Bertz CT molecular complexity index is 372. The van der Waals surface area contributed by atoms with Crippen molar-refractivity contribution in [2.75, 3.05) is 19.8 Å². The van der Waals surface area contributed by atoms with Gasteiger partial charge in [-0.25, -0.2) is 4.98 Å². The van der Waals surface area contributed by atoms with Crippen molar-refractivity contribution in [3.63, 3.8) is 0 Å². The lowest BCUT2D eigenvalue weighted by Gasteiger charge is -2.33. The number of aromatic nitrogens is 1. The van der Waals surface area contributed by atoms with Gasteiger partial charge in [-0.2, -0.15) is 0 Å². The monoisotopic (exact) mass is 269 g/mol. The van der Waals surface area contributed by atoms with E-state index in [4.69, 9.17) is 10.5 Å². The Kier molecular flexibility index (Phi) is 4.72. The molecule has 1 saturated heterocycles. The molecule has 1 aliphatic rings. The van der Waals surface area contributed by atoms with E-state index in [9.17, 15) is 0 Å². The molecule has 1 aromatic heterocycles. The van der Waals surface area contributed by atoms with Crippen LogP contribution in [-0.4, -0.2) is 24.7 Å². The first-order valence-electron chi connectivity index (χ1n) is 6.57. The highest BCUT2D eigenvalue weighted by Gasteiger charge is 2.26. The first-order valence-corrected chi connectivity index (χ1v) is 7.45. The summed E-state index contributed by atoms with van der Waals surface area (Å²) < 4.78 is 5.41. The molecule has 1 fully saturated rings. The molecule has 0 amide bonds. The fourth-order valence-corrected chi connectivity index (χ4v) is 2.92. The molecule has 4 nitrogen and oxygen atoms in total. The maximum Gasteiger partial charge on any atom is 0.109 e. The summed E-state index contributed by atoms with van der Waals surface area (Å²) in [7, 11) is 0. The van der Waals surface area contributed by atoms with Crippen LogP contribution in [0.15, 0.2) is 5.38 Å². The molecule has 1 aromatic rings. The highest BCUT2D eigenvalue weighted by atomic mass is 32.1. The van der Waals surface area contributed by atoms with Crippen LogP contribution in [0.25, 0.3) is 0 Å². The van der Waals surface area contributed by atoms with Gasteiger partial charge < -0.3 is 15.8 Å². The van der Waals surface area contributed by atoms with E-state index in [1.807, 2.05) is 6.92 Å². The third-order valence-electron chi connectivity index (χ3n) is 3.52. The zero-order chi connectivity index (χ0) is 13.0. The molecule has 18 heavy (non-hydrogen) atoms. The number of thiazole rings is 1. The van der Waals surface area contributed by atoms with E-state index < -0.39 is 0 Å². The Labute approximate surface area is 113 Å². The van der Waals surface area contributed by atoms with Crippen molar-refractivity contribution in [3.8, 4) is 0 Å². The molecule has 3 N–H and O–H groups in total. The maximum absolute atomic E-state index is 5.81. The molecule has 0 spiro atoms. The number of nitrogens with zero attached hydrogens (tertiary/aromatic N) is 1. The van der Waals surface area contributed by atoms with E-state index in [1.54, 1.807) is 11.3 Å². The van der Waals surface area contributed by atoms with Gasteiger partial charge in [0.25, 0.3) is 0 Å². The third kappa shape index (κ3) is 3.75. The van der Waals surface area contributed by atoms with Crippen molar-refractivity contribution in [1.82, 2.24) is 10.3 Å². The fourth-order valence-electron chi connectivity index (χ4n) is 2.15. The van der Waals surface area contributed by atoms with Crippen LogP contribution in [0.2, 0.25) is 0 Å². The van der Waals surface area contributed by atoms with Crippen LogP contribution in [0.5, 0.6) is 0 Å². The molecule has 0 bridgehead atoms. The first-order chi connectivity index (χ1) is 8.59. The normalized spacial score (nSPS) is 20.8. The lowest BCUT2D eigenvalue weighted by atomic mass is 9.82. The smallest absolute Gasteiger partial charge is 0.109 e. The van der Waals surface area contributed by atoms with Gasteiger partial charge in [0.15, 0.2) is 0 Å². The molecule has 0 saturated carbocycles. The van der Waals surface area contributed by atoms with Gasteiger partial charge in [-0.1, -0.05) is 6.92 Å². The quantitative estimate of drug-likeness (QED) is 0.859. The second-order valence-electron chi connectivity index (χ2n) is 5.49. The van der Waals surface area contributed by atoms with Crippen molar-refractivity contribution in [3.05, 3.63) is 16.1 Å². The lowest BCUT2D eigenvalue weighted by molar-refractivity contribution is 0.0240. The second-order valence-corrected chi connectivity index (χ2v) is 6.38. The van der Waals surface area contributed by atoms with Crippen LogP contribution in [-0.2, 0) is 11.3 Å². The number of hydrogen-bond donors (Lipinski definition) is 2. The topological polar surface area (TPSA) is 60.2 Å². The first kappa shape index (κ1) is 13.9.